The number of benzene rings is 2. The maximum atomic E-state index is 14.3. The molecule has 0 radical (unpaired) electrons. The van der Waals surface area contributed by atoms with Crippen LogP contribution in [-0.4, -0.2) is 89.2 Å². The molecule has 240 valence electrons. The minimum atomic E-state index is -0.516. The van der Waals surface area contributed by atoms with Crippen molar-refractivity contribution in [3.05, 3.63) is 89.7 Å². The minimum Gasteiger partial charge on any atom is -0.490 e. The summed E-state index contributed by atoms with van der Waals surface area (Å²) in [6.07, 6.45) is 5.05. The highest BCUT2D eigenvalue weighted by atomic mass is 16.5. The molecule has 4 rings (SSSR count). The van der Waals surface area contributed by atoms with Gasteiger partial charge in [0.05, 0.1) is 30.4 Å². The molecule has 10 nitrogen and oxygen atoms in total. The fourth-order valence-corrected chi connectivity index (χ4v) is 5.32. The highest BCUT2D eigenvalue weighted by molar-refractivity contribution is 6.05. The molecule has 0 bridgehead atoms. The van der Waals surface area contributed by atoms with Gasteiger partial charge in [-0.15, -0.1) is 0 Å². The number of anilines is 1. The molecule has 2 N–H and O–H groups in total. The second kappa shape index (κ2) is 16.2. The van der Waals surface area contributed by atoms with Crippen molar-refractivity contribution in [2.24, 2.45) is 5.92 Å². The van der Waals surface area contributed by atoms with E-state index >= 15 is 0 Å². The molecular formula is C35H44N4O6. The first-order valence-electron chi connectivity index (χ1n) is 15.5. The Hall–Kier alpha value is -4.28. The van der Waals surface area contributed by atoms with Gasteiger partial charge in [-0.1, -0.05) is 25.1 Å². The van der Waals surface area contributed by atoms with Crippen molar-refractivity contribution >= 4 is 23.4 Å². The molecule has 0 fully saturated rings. The van der Waals surface area contributed by atoms with Crippen molar-refractivity contribution in [1.82, 2.24) is 14.8 Å². The van der Waals surface area contributed by atoms with Crippen LogP contribution < -0.4 is 10.1 Å². The van der Waals surface area contributed by atoms with E-state index in [9.17, 15) is 19.5 Å². The van der Waals surface area contributed by atoms with Crippen LogP contribution in [0, 0.1) is 5.92 Å². The number of hydrogen-bond acceptors (Lipinski definition) is 7. The fourth-order valence-electron chi connectivity index (χ4n) is 5.32. The number of aliphatic hydroxyl groups excluding tert-OH is 1. The number of aromatic nitrogens is 1. The van der Waals surface area contributed by atoms with Crippen LogP contribution in [0.1, 0.15) is 71.1 Å². The lowest BCUT2D eigenvalue weighted by Gasteiger charge is -2.36. The predicted octanol–water partition coefficient (Wildman–Crippen LogP) is 4.90. The summed E-state index contributed by atoms with van der Waals surface area (Å²) in [5, 5.41) is 13.1. The molecule has 1 aliphatic rings. The van der Waals surface area contributed by atoms with Crippen LogP contribution in [0.2, 0.25) is 0 Å². The fraction of sp³-hybridized carbons (Fsp3) is 0.429. The van der Waals surface area contributed by atoms with Crippen molar-refractivity contribution in [3.8, 4) is 5.75 Å². The molecule has 1 aromatic heterocycles. The molecule has 2 heterocycles. The van der Waals surface area contributed by atoms with Gasteiger partial charge in [0, 0.05) is 61.9 Å². The zero-order valence-corrected chi connectivity index (χ0v) is 26.5. The Kier molecular flexibility index (Phi) is 12.1. The van der Waals surface area contributed by atoms with Gasteiger partial charge in [-0.05, 0) is 75.6 Å². The molecule has 0 spiro atoms. The number of nitrogens with zero attached hydrogens (tertiary/aromatic N) is 3. The lowest BCUT2D eigenvalue weighted by molar-refractivity contribution is -0.0149. The number of aliphatic hydroxyl groups is 1. The van der Waals surface area contributed by atoms with E-state index in [1.165, 1.54) is 0 Å². The van der Waals surface area contributed by atoms with Gasteiger partial charge in [-0.3, -0.25) is 19.4 Å². The van der Waals surface area contributed by atoms with Crippen LogP contribution in [0.25, 0.3) is 0 Å². The zero-order chi connectivity index (χ0) is 32.3. The predicted molar refractivity (Wildman–Crippen MR) is 172 cm³/mol. The summed E-state index contributed by atoms with van der Waals surface area (Å²) in [5.74, 6) is -0.547. The van der Waals surface area contributed by atoms with Crippen molar-refractivity contribution in [1.29, 1.82) is 0 Å². The van der Waals surface area contributed by atoms with Crippen LogP contribution in [0.15, 0.2) is 73.1 Å². The summed E-state index contributed by atoms with van der Waals surface area (Å²) in [5.41, 5.74) is 1.78. The van der Waals surface area contributed by atoms with Gasteiger partial charge in [-0.25, -0.2) is 0 Å². The molecule has 0 unspecified atom stereocenters. The summed E-state index contributed by atoms with van der Waals surface area (Å²) in [7, 11) is 1.74. The number of amides is 3. The van der Waals surface area contributed by atoms with E-state index in [1.807, 2.05) is 19.9 Å². The number of hydrogen-bond donors (Lipinski definition) is 2. The van der Waals surface area contributed by atoms with Crippen molar-refractivity contribution in [3.63, 3.8) is 0 Å². The molecule has 2 aromatic carbocycles. The number of likely N-dealkylation sites (N-methyl/N-ethyl adjacent to an activating group) is 1. The lowest BCUT2D eigenvalue weighted by atomic mass is 10.0. The minimum absolute atomic E-state index is 0.144. The number of ether oxygens (including phenoxy) is 2. The molecule has 1 aliphatic heterocycles. The van der Waals surface area contributed by atoms with Gasteiger partial charge in [0.1, 0.15) is 5.75 Å². The summed E-state index contributed by atoms with van der Waals surface area (Å²) in [6, 6.07) is 16.8. The molecule has 10 heteroatoms. The molecule has 0 saturated heterocycles. The van der Waals surface area contributed by atoms with Gasteiger partial charge in [0.2, 0.25) is 0 Å². The maximum Gasteiger partial charge on any atom is 0.258 e. The third-order valence-corrected chi connectivity index (χ3v) is 8.07. The maximum absolute atomic E-state index is 14.3. The smallest absolute Gasteiger partial charge is 0.258 e. The number of rotatable bonds is 7. The number of carbonyl (C=O) groups excluding carboxylic acids is 3. The standard InChI is InChI=1S/C35H44N4O6/c1-24-21-39(25(2)23-40)35(43)30-20-29(37-33(41)27-11-6-5-7-12-27)13-14-31(30)45-26(3)10-8-9-19-44-32(24)22-38(4)34(42)28-15-17-36-18-16-28/h5-7,11-18,20,24-26,32,40H,8-10,19,21-23H2,1-4H3,(H,37,41)/t24-,25+,26+,32+/m1/s1. The average molecular weight is 617 g/mol. The van der Waals surface area contributed by atoms with Crippen LogP contribution >= 0.6 is 0 Å². The third-order valence-electron chi connectivity index (χ3n) is 8.07. The number of carbonyl (C=O) groups is 3. The Morgan fingerprint density at radius 2 is 1.80 bits per heavy atom. The van der Waals surface area contributed by atoms with Crippen molar-refractivity contribution in [2.75, 3.05) is 38.7 Å². The number of nitrogens with one attached hydrogen (secondary N) is 1. The Morgan fingerprint density at radius 3 is 2.51 bits per heavy atom. The van der Waals surface area contributed by atoms with E-state index in [1.54, 1.807) is 90.8 Å². The topological polar surface area (TPSA) is 121 Å². The normalized spacial score (nSPS) is 20.2. The Morgan fingerprint density at radius 1 is 1.07 bits per heavy atom. The van der Waals surface area contributed by atoms with Crippen LogP contribution in [0.5, 0.6) is 5.75 Å². The van der Waals surface area contributed by atoms with Gasteiger partial charge in [-0.2, -0.15) is 0 Å². The SMILES string of the molecule is C[C@@H]1CN([C@@H](C)CO)C(=O)c2cc(NC(=O)c3ccccc3)ccc2O[C@@H](C)CCCCO[C@H]1CN(C)C(=O)c1ccncc1. The molecule has 0 saturated carbocycles. The molecule has 3 amide bonds. The van der Waals surface area contributed by atoms with Gasteiger partial charge in [0.15, 0.2) is 0 Å². The highest BCUT2D eigenvalue weighted by Gasteiger charge is 2.31. The molecule has 45 heavy (non-hydrogen) atoms. The molecule has 4 atom stereocenters. The van der Waals surface area contributed by atoms with Crippen LogP contribution in [-0.2, 0) is 4.74 Å². The zero-order valence-electron chi connectivity index (χ0n) is 26.5. The van der Waals surface area contributed by atoms with Gasteiger partial charge < -0.3 is 29.7 Å². The summed E-state index contributed by atoms with van der Waals surface area (Å²) >= 11 is 0. The molecule has 0 aliphatic carbocycles. The first-order valence-corrected chi connectivity index (χ1v) is 15.5. The molecular weight excluding hydrogens is 572 g/mol. The van der Waals surface area contributed by atoms with Gasteiger partial charge in [0.25, 0.3) is 17.7 Å². The van der Waals surface area contributed by atoms with E-state index in [2.05, 4.69) is 10.3 Å². The summed E-state index contributed by atoms with van der Waals surface area (Å²) in [6.45, 7) is 6.58. The van der Waals surface area contributed by atoms with Crippen molar-refractivity contribution in [2.45, 2.75) is 58.3 Å². The van der Waals surface area contributed by atoms with Crippen LogP contribution in [0.4, 0.5) is 5.69 Å². The second-order valence-corrected chi connectivity index (χ2v) is 11.8. The third kappa shape index (κ3) is 9.12. The first kappa shape index (κ1) is 33.6. The van der Waals surface area contributed by atoms with E-state index in [4.69, 9.17) is 9.47 Å². The second-order valence-electron chi connectivity index (χ2n) is 11.8. The number of fused-ring (bicyclic) bond motifs is 1. The van der Waals surface area contributed by atoms with Crippen LogP contribution in [0.3, 0.4) is 0 Å². The van der Waals surface area contributed by atoms with Crippen molar-refractivity contribution < 1.29 is 29.0 Å². The van der Waals surface area contributed by atoms with E-state index in [0.717, 1.165) is 19.3 Å². The number of pyridine rings is 1. The average Bonchev–Trinajstić information content (AvgIpc) is 3.06. The van der Waals surface area contributed by atoms with E-state index in [0.29, 0.717) is 41.3 Å². The Balaban J connectivity index is 1.63. The quantitative estimate of drug-likeness (QED) is 0.387. The Bertz CT molecular complexity index is 1420. The summed E-state index contributed by atoms with van der Waals surface area (Å²) < 4.78 is 12.6. The highest BCUT2D eigenvalue weighted by Crippen LogP contribution is 2.29. The Labute approximate surface area is 265 Å². The van der Waals surface area contributed by atoms with E-state index in [-0.39, 0.29) is 49.0 Å². The lowest BCUT2D eigenvalue weighted by Crippen LogP contribution is -2.48. The monoisotopic (exact) mass is 616 g/mol. The first-order chi connectivity index (χ1) is 21.7. The van der Waals surface area contributed by atoms with Gasteiger partial charge >= 0.3 is 0 Å². The largest absolute Gasteiger partial charge is 0.490 e. The summed E-state index contributed by atoms with van der Waals surface area (Å²) in [4.78, 5) is 47.6. The molecule has 3 aromatic rings. The van der Waals surface area contributed by atoms with E-state index < -0.39 is 6.04 Å².